The SMILES string of the molecule is O=C(O)c1cn2c(c(O)c1=O)C(=O)N(Cc1ccc(F)cc1F)[C@@H](C(=O)NC1CCCCC1)C2. The Morgan fingerprint density at radius 3 is 2.47 bits per heavy atom. The van der Waals surface area contributed by atoms with Crippen LogP contribution < -0.4 is 10.7 Å². The number of halogens is 2. The lowest BCUT2D eigenvalue weighted by molar-refractivity contribution is -0.127. The number of carbonyl (C=O) groups excluding carboxylic acids is 2. The standard InChI is InChI=1S/C23H23F2N3O6/c24-13-7-6-12(16(25)8-13)9-28-17(21(31)26-14-4-2-1-3-5-14)11-27-10-15(23(33)34)19(29)20(30)18(27)22(28)32/h6-8,10,14,17,30H,1-5,9,11H2,(H,26,31)(H,33,34)/t17-/m1/s1. The number of benzene rings is 1. The van der Waals surface area contributed by atoms with Crippen molar-refractivity contribution in [2.75, 3.05) is 0 Å². The van der Waals surface area contributed by atoms with Gasteiger partial charge < -0.3 is 25.0 Å². The molecule has 4 rings (SSSR count). The summed E-state index contributed by atoms with van der Waals surface area (Å²) in [5.74, 6) is -5.88. The molecule has 2 amide bonds. The Balaban J connectivity index is 1.75. The number of rotatable bonds is 5. The average molecular weight is 475 g/mol. The van der Waals surface area contributed by atoms with Crippen LogP contribution in [0.5, 0.6) is 5.75 Å². The van der Waals surface area contributed by atoms with Crippen LogP contribution in [0.15, 0.2) is 29.2 Å². The summed E-state index contributed by atoms with van der Waals surface area (Å²) in [6.45, 7) is -0.696. The first-order valence-corrected chi connectivity index (χ1v) is 10.9. The average Bonchev–Trinajstić information content (AvgIpc) is 2.79. The first-order valence-electron chi connectivity index (χ1n) is 10.9. The van der Waals surface area contributed by atoms with E-state index in [1.165, 1.54) is 0 Å². The van der Waals surface area contributed by atoms with E-state index in [2.05, 4.69) is 5.32 Å². The van der Waals surface area contributed by atoms with Crippen molar-refractivity contribution in [1.82, 2.24) is 14.8 Å². The van der Waals surface area contributed by atoms with Gasteiger partial charge >= 0.3 is 5.97 Å². The molecule has 3 N–H and O–H groups in total. The van der Waals surface area contributed by atoms with Crippen molar-refractivity contribution >= 4 is 17.8 Å². The molecule has 1 aromatic heterocycles. The first-order chi connectivity index (χ1) is 16.2. The Labute approximate surface area is 192 Å². The predicted molar refractivity (Wildman–Crippen MR) is 114 cm³/mol. The number of aromatic hydroxyl groups is 1. The fourth-order valence-electron chi connectivity index (χ4n) is 4.52. The second-order valence-electron chi connectivity index (χ2n) is 8.55. The number of fused-ring (bicyclic) bond motifs is 1. The summed E-state index contributed by atoms with van der Waals surface area (Å²) < 4.78 is 28.8. The van der Waals surface area contributed by atoms with E-state index in [1.54, 1.807) is 0 Å². The highest BCUT2D eigenvalue weighted by atomic mass is 19.1. The van der Waals surface area contributed by atoms with Gasteiger partial charge in [-0.05, 0) is 18.9 Å². The lowest BCUT2D eigenvalue weighted by Crippen LogP contribution is -2.57. The molecule has 0 spiro atoms. The molecule has 1 fully saturated rings. The fourth-order valence-corrected chi connectivity index (χ4v) is 4.52. The zero-order valence-corrected chi connectivity index (χ0v) is 18.1. The highest BCUT2D eigenvalue weighted by Crippen LogP contribution is 2.27. The smallest absolute Gasteiger partial charge is 0.341 e. The summed E-state index contributed by atoms with van der Waals surface area (Å²) >= 11 is 0. The van der Waals surface area contributed by atoms with Crippen LogP contribution in [0.4, 0.5) is 8.78 Å². The molecule has 2 aromatic rings. The number of nitrogens with zero attached hydrogens (tertiary/aromatic N) is 2. The van der Waals surface area contributed by atoms with Crippen LogP contribution in [0.1, 0.15) is 58.5 Å². The normalized spacial score (nSPS) is 18.5. The number of hydrogen-bond acceptors (Lipinski definition) is 5. The van der Waals surface area contributed by atoms with Gasteiger partial charge in [0.25, 0.3) is 5.91 Å². The lowest BCUT2D eigenvalue weighted by atomic mass is 9.95. The minimum atomic E-state index is -1.60. The third-order valence-electron chi connectivity index (χ3n) is 6.31. The maximum atomic E-state index is 14.4. The van der Waals surface area contributed by atoms with Gasteiger partial charge in [-0.2, -0.15) is 0 Å². The molecule has 0 unspecified atom stereocenters. The van der Waals surface area contributed by atoms with Gasteiger partial charge in [0, 0.05) is 30.4 Å². The van der Waals surface area contributed by atoms with E-state index >= 15 is 0 Å². The molecule has 0 bridgehead atoms. The quantitative estimate of drug-likeness (QED) is 0.607. The minimum Gasteiger partial charge on any atom is -0.503 e. The molecule has 1 aliphatic heterocycles. The molecule has 2 aliphatic rings. The maximum absolute atomic E-state index is 14.4. The molecule has 180 valence electrons. The second kappa shape index (κ2) is 9.24. The van der Waals surface area contributed by atoms with Crippen LogP contribution in [-0.4, -0.2) is 49.5 Å². The summed E-state index contributed by atoms with van der Waals surface area (Å²) in [4.78, 5) is 51.3. The number of pyridine rings is 1. The van der Waals surface area contributed by atoms with Crippen molar-refractivity contribution in [3.8, 4) is 5.75 Å². The van der Waals surface area contributed by atoms with Crippen molar-refractivity contribution in [2.45, 2.75) is 57.3 Å². The molecule has 34 heavy (non-hydrogen) atoms. The molecule has 2 heterocycles. The molecule has 1 atom stereocenters. The molecule has 9 nitrogen and oxygen atoms in total. The van der Waals surface area contributed by atoms with Crippen LogP contribution in [0, 0.1) is 11.6 Å². The van der Waals surface area contributed by atoms with Gasteiger partial charge in [0.1, 0.15) is 23.2 Å². The number of hydrogen-bond donors (Lipinski definition) is 3. The highest BCUT2D eigenvalue weighted by molar-refractivity contribution is 6.00. The minimum absolute atomic E-state index is 0.0670. The molecular formula is C23H23F2N3O6. The van der Waals surface area contributed by atoms with E-state index in [-0.39, 0.29) is 18.2 Å². The van der Waals surface area contributed by atoms with Gasteiger partial charge in [0.15, 0.2) is 11.4 Å². The van der Waals surface area contributed by atoms with Crippen LogP contribution >= 0.6 is 0 Å². The Morgan fingerprint density at radius 2 is 1.82 bits per heavy atom. The molecule has 0 radical (unpaired) electrons. The van der Waals surface area contributed by atoms with Gasteiger partial charge in [-0.25, -0.2) is 13.6 Å². The third-order valence-corrected chi connectivity index (χ3v) is 6.31. The van der Waals surface area contributed by atoms with Crippen LogP contribution in [0.2, 0.25) is 0 Å². The van der Waals surface area contributed by atoms with Crippen molar-refractivity contribution in [3.63, 3.8) is 0 Å². The Bertz CT molecular complexity index is 1220. The highest BCUT2D eigenvalue weighted by Gasteiger charge is 2.40. The Hall–Kier alpha value is -3.76. The lowest BCUT2D eigenvalue weighted by Gasteiger charge is -2.38. The monoisotopic (exact) mass is 475 g/mol. The largest absolute Gasteiger partial charge is 0.503 e. The van der Waals surface area contributed by atoms with Crippen molar-refractivity contribution in [1.29, 1.82) is 0 Å². The van der Waals surface area contributed by atoms with Gasteiger partial charge in [0.2, 0.25) is 11.3 Å². The van der Waals surface area contributed by atoms with Crippen molar-refractivity contribution < 1.29 is 33.4 Å². The summed E-state index contributed by atoms with van der Waals surface area (Å²) in [5.41, 5.74) is -2.56. The third kappa shape index (κ3) is 4.37. The van der Waals surface area contributed by atoms with Crippen LogP contribution in [-0.2, 0) is 17.9 Å². The number of nitrogens with one attached hydrogen (secondary N) is 1. The maximum Gasteiger partial charge on any atom is 0.341 e. The van der Waals surface area contributed by atoms with Gasteiger partial charge in [-0.15, -0.1) is 0 Å². The van der Waals surface area contributed by atoms with E-state index in [4.69, 9.17) is 0 Å². The zero-order valence-electron chi connectivity index (χ0n) is 18.1. The number of amides is 2. The molecular weight excluding hydrogens is 452 g/mol. The topological polar surface area (TPSA) is 129 Å². The van der Waals surface area contributed by atoms with Crippen molar-refractivity contribution in [2.24, 2.45) is 0 Å². The van der Waals surface area contributed by atoms with E-state index in [9.17, 15) is 38.2 Å². The zero-order chi connectivity index (χ0) is 24.6. The van der Waals surface area contributed by atoms with E-state index in [0.717, 1.165) is 59.9 Å². The number of aromatic carboxylic acids is 1. The van der Waals surface area contributed by atoms with Gasteiger partial charge in [-0.3, -0.25) is 14.4 Å². The summed E-state index contributed by atoms with van der Waals surface area (Å²) in [5, 5.41) is 22.5. The predicted octanol–water partition coefficient (Wildman–Crippen LogP) is 2.00. The fraction of sp³-hybridized carbons (Fsp3) is 0.391. The number of carbonyl (C=O) groups is 3. The van der Waals surface area contributed by atoms with E-state index < -0.39 is 64.4 Å². The number of carboxylic acids is 1. The number of carboxylic acid groups (broad SMARTS) is 1. The molecule has 0 saturated heterocycles. The molecule has 1 saturated carbocycles. The summed E-state index contributed by atoms with van der Waals surface area (Å²) in [6.07, 6.45) is 5.40. The first kappa shape index (κ1) is 23.4. The van der Waals surface area contributed by atoms with Gasteiger partial charge in [0.05, 0.1) is 6.54 Å². The van der Waals surface area contributed by atoms with E-state index in [0.29, 0.717) is 6.07 Å². The van der Waals surface area contributed by atoms with Crippen molar-refractivity contribution in [3.05, 3.63) is 63.1 Å². The molecule has 1 aromatic carbocycles. The Morgan fingerprint density at radius 1 is 1.12 bits per heavy atom. The van der Waals surface area contributed by atoms with Gasteiger partial charge in [-0.1, -0.05) is 25.3 Å². The molecule has 11 heteroatoms. The molecule has 1 aliphatic carbocycles. The Kier molecular flexibility index (Phi) is 6.36. The van der Waals surface area contributed by atoms with Crippen LogP contribution in [0.25, 0.3) is 0 Å². The number of aromatic nitrogens is 1. The van der Waals surface area contributed by atoms with Crippen LogP contribution in [0.3, 0.4) is 0 Å². The summed E-state index contributed by atoms with van der Waals surface area (Å²) in [7, 11) is 0. The summed E-state index contributed by atoms with van der Waals surface area (Å²) in [6, 6.07) is 1.52. The second-order valence-corrected chi connectivity index (χ2v) is 8.55. The van der Waals surface area contributed by atoms with E-state index in [1.807, 2.05) is 0 Å².